The Hall–Kier alpha value is -1.63. The van der Waals surface area contributed by atoms with Gasteiger partial charge in [0.2, 0.25) is 5.75 Å². The predicted octanol–water partition coefficient (Wildman–Crippen LogP) is 3.32. The van der Waals surface area contributed by atoms with Crippen LogP contribution in [0, 0.1) is 0 Å². The fraction of sp³-hybridized carbons (Fsp3) is 0.571. The Balaban J connectivity index is 3.09. The highest BCUT2D eigenvalue weighted by atomic mass is 19.4. The van der Waals surface area contributed by atoms with Crippen LogP contribution in [0.1, 0.15) is 24.4 Å². The number of hydrogen-bond donors (Lipinski definition) is 1. The zero-order valence-electron chi connectivity index (χ0n) is 12.5. The Kier molecular flexibility index (Phi) is 6.14. The molecule has 1 aromatic rings. The lowest BCUT2D eigenvalue weighted by Gasteiger charge is -2.20. The molecule has 21 heavy (non-hydrogen) atoms. The molecule has 0 heterocycles. The molecule has 120 valence electrons. The molecule has 1 N–H and O–H groups in total. The van der Waals surface area contributed by atoms with Crippen molar-refractivity contribution < 1.29 is 27.4 Å². The summed E-state index contributed by atoms with van der Waals surface area (Å²) in [5, 5.41) is 2.88. The third-order valence-electron chi connectivity index (χ3n) is 3.15. The summed E-state index contributed by atoms with van der Waals surface area (Å²) in [5.74, 6) is 1.24. The Morgan fingerprint density at radius 2 is 1.57 bits per heavy atom. The number of rotatable bonds is 7. The lowest BCUT2D eigenvalue weighted by molar-refractivity contribution is -0.136. The Morgan fingerprint density at radius 1 is 1.05 bits per heavy atom. The molecule has 0 aliphatic heterocycles. The van der Waals surface area contributed by atoms with Crippen molar-refractivity contribution in [3.05, 3.63) is 17.7 Å². The van der Waals surface area contributed by atoms with E-state index in [9.17, 15) is 13.2 Å². The molecular weight excluding hydrogens is 287 g/mol. The molecule has 1 unspecified atom stereocenters. The number of hydrogen-bond acceptors (Lipinski definition) is 4. The van der Waals surface area contributed by atoms with Crippen molar-refractivity contribution in [3.63, 3.8) is 0 Å². The van der Waals surface area contributed by atoms with E-state index in [0.29, 0.717) is 22.8 Å². The second-order valence-electron chi connectivity index (χ2n) is 4.45. The fourth-order valence-corrected chi connectivity index (χ4v) is 2.09. The topological polar surface area (TPSA) is 39.7 Å². The predicted molar refractivity (Wildman–Crippen MR) is 73.2 cm³/mol. The van der Waals surface area contributed by atoms with Crippen molar-refractivity contribution in [2.45, 2.75) is 25.1 Å². The van der Waals surface area contributed by atoms with E-state index in [0.717, 1.165) is 0 Å². The smallest absolute Gasteiger partial charge is 0.389 e. The molecule has 0 saturated carbocycles. The molecule has 1 atom stereocenters. The van der Waals surface area contributed by atoms with Gasteiger partial charge in [-0.15, -0.1) is 0 Å². The van der Waals surface area contributed by atoms with E-state index in [2.05, 4.69) is 5.32 Å². The number of methoxy groups -OCH3 is 3. The first-order chi connectivity index (χ1) is 9.86. The summed E-state index contributed by atoms with van der Waals surface area (Å²) in [4.78, 5) is 0. The van der Waals surface area contributed by atoms with Crippen molar-refractivity contribution in [2.24, 2.45) is 0 Å². The third-order valence-corrected chi connectivity index (χ3v) is 3.15. The first-order valence-electron chi connectivity index (χ1n) is 6.40. The fourth-order valence-electron chi connectivity index (χ4n) is 2.09. The van der Waals surface area contributed by atoms with Crippen LogP contribution in [0.15, 0.2) is 12.1 Å². The normalized spacial score (nSPS) is 12.9. The van der Waals surface area contributed by atoms with E-state index < -0.39 is 18.6 Å². The van der Waals surface area contributed by atoms with Crippen LogP contribution in [0.4, 0.5) is 13.2 Å². The van der Waals surface area contributed by atoms with Crippen LogP contribution in [0.5, 0.6) is 17.2 Å². The second-order valence-corrected chi connectivity index (χ2v) is 4.45. The molecule has 0 fully saturated rings. The van der Waals surface area contributed by atoms with Gasteiger partial charge in [-0.2, -0.15) is 13.2 Å². The van der Waals surface area contributed by atoms with Crippen molar-refractivity contribution in [2.75, 3.05) is 28.4 Å². The van der Waals surface area contributed by atoms with E-state index in [1.54, 1.807) is 19.2 Å². The molecule has 0 aliphatic rings. The summed E-state index contributed by atoms with van der Waals surface area (Å²) in [5.41, 5.74) is 0.649. The van der Waals surface area contributed by atoms with Gasteiger partial charge in [0, 0.05) is 12.5 Å². The van der Waals surface area contributed by atoms with Gasteiger partial charge in [-0.3, -0.25) is 0 Å². The Labute approximate surface area is 122 Å². The van der Waals surface area contributed by atoms with Crippen LogP contribution >= 0.6 is 0 Å². The molecule has 0 aromatic heterocycles. The summed E-state index contributed by atoms with van der Waals surface area (Å²) < 4.78 is 52.7. The molecule has 1 rings (SSSR count). The Bertz CT molecular complexity index is 438. The van der Waals surface area contributed by atoms with Gasteiger partial charge in [-0.05, 0) is 31.2 Å². The summed E-state index contributed by atoms with van der Waals surface area (Å²) in [6.07, 6.45) is -5.12. The van der Waals surface area contributed by atoms with Gasteiger partial charge in [-0.1, -0.05) is 0 Å². The maximum absolute atomic E-state index is 12.4. The van der Waals surface area contributed by atoms with E-state index in [4.69, 9.17) is 14.2 Å². The second kappa shape index (κ2) is 7.40. The number of benzene rings is 1. The first kappa shape index (κ1) is 17.4. The van der Waals surface area contributed by atoms with Crippen molar-refractivity contribution in [3.8, 4) is 17.2 Å². The molecule has 0 amide bonds. The molecular formula is C14H20F3NO3. The van der Waals surface area contributed by atoms with Gasteiger partial charge >= 0.3 is 6.18 Å². The molecule has 4 nitrogen and oxygen atoms in total. The monoisotopic (exact) mass is 307 g/mol. The van der Waals surface area contributed by atoms with Gasteiger partial charge in [0.05, 0.1) is 21.3 Å². The van der Waals surface area contributed by atoms with Crippen LogP contribution in [0.2, 0.25) is 0 Å². The molecule has 0 aliphatic carbocycles. The lowest BCUT2D eigenvalue weighted by Crippen LogP contribution is -2.20. The molecule has 0 radical (unpaired) electrons. The van der Waals surface area contributed by atoms with E-state index in [1.807, 2.05) is 0 Å². The zero-order valence-corrected chi connectivity index (χ0v) is 12.5. The summed E-state index contributed by atoms with van der Waals surface area (Å²) >= 11 is 0. The highest BCUT2D eigenvalue weighted by molar-refractivity contribution is 5.54. The van der Waals surface area contributed by atoms with Crippen LogP contribution in [0.3, 0.4) is 0 Å². The van der Waals surface area contributed by atoms with Gasteiger partial charge in [-0.25, -0.2) is 0 Å². The first-order valence-corrected chi connectivity index (χ1v) is 6.40. The van der Waals surface area contributed by atoms with Gasteiger partial charge in [0.25, 0.3) is 0 Å². The Morgan fingerprint density at radius 3 is 1.90 bits per heavy atom. The zero-order chi connectivity index (χ0) is 16.0. The van der Waals surface area contributed by atoms with E-state index in [-0.39, 0.29) is 6.42 Å². The molecule has 1 aromatic carbocycles. The summed E-state index contributed by atoms with van der Waals surface area (Å²) in [6, 6.07) is 2.85. The number of halogens is 3. The van der Waals surface area contributed by atoms with Crippen molar-refractivity contribution in [1.82, 2.24) is 5.32 Å². The highest BCUT2D eigenvalue weighted by Gasteiger charge is 2.29. The third kappa shape index (κ3) is 4.70. The van der Waals surface area contributed by atoms with Crippen molar-refractivity contribution >= 4 is 0 Å². The van der Waals surface area contributed by atoms with E-state index >= 15 is 0 Å². The van der Waals surface area contributed by atoms with Crippen LogP contribution in [0.25, 0.3) is 0 Å². The SMILES string of the molecule is CNC(CCC(F)(F)F)c1cc(OC)c(OC)c(OC)c1. The largest absolute Gasteiger partial charge is 0.493 e. The minimum atomic E-state index is -4.18. The number of alkyl halides is 3. The number of ether oxygens (including phenoxy) is 3. The highest BCUT2D eigenvalue weighted by Crippen LogP contribution is 2.40. The van der Waals surface area contributed by atoms with Gasteiger partial charge in [0.15, 0.2) is 11.5 Å². The minimum absolute atomic E-state index is 0.0708. The molecule has 0 spiro atoms. The van der Waals surface area contributed by atoms with Gasteiger partial charge < -0.3 is 19.5 Å². The molecule has 0 saturated heterocycles. The molecule has 0 bridgehead atoms. The minimum Gasteiger partial charge on any atom is -0.493 e. The summed E-state index contributed by atoms with van der Waals surface area (Å²) in [7, 11) is 6.01. The average Bonchev–Trinajstić information content (AvgIpc) is 2.45. The maximum Gasteiger partial charge on any atom is 0.389 e. The lowest BCUT2D eigenvalue weighted by atomic mass is 10.0. The molecule has 7 heteroatoms. The van der Waals surface area contributed by atoms with Crippen LogP contribution in [-0.4, -0.2) is 34.6 Å². The van der Waals surface area contributed by atoms with Gasteiger partial charge in [0.1, 0.15) is 0 Å². The van der Waals surface area contributed by atoms with Crippen LogP contribution < -0.4 is 19.5 Å². The van der Waals surface area contributed by atoms with Crippen molar-refractivity contribution in [1.29, 1.82) is 0 Å². The quantitative estimate of drug-likeness (QED) is 0.839. The van der Waals surface area contributed by atoms with Crippen LogP contribution in [-0.2, 0) is 0 Å². The number of nitrogens with one attached hydrogen (secondary N) is 1. The average molecular weight is 307 g/mol. The standard InChI is InChI=1S/C14H20F3NO3/c1-18-10(5-6-14(15,16)17)9-7-11(19-2)13(21-4)12(8-9)20-3/h7-8,10,18H,5-6H2,1-4H3. The maximum atomic E-state index is 12.4. The summed E-state index contributed by atoms with van der Waals surface area (Å²) in [6.45, 7) is 0. The van der Waals surface area contributed by atoms with E-state index in [1.165, 1.54) is 21.3 Å².